The number of amides is 1. The molecule has 0 bridgehead atoms. The number of hydrogen-bond donors (Lipinski definition) is 3. The maximum atomic E-state index is 11.5. The summed E-state index contributed by atoms with van der Waals surface area (Å²) in [4.78, 5) is 11.5. The summed E-state index contributed by atoms with van der Waals surface area (Å²) in [5.41, 5.74) is -0.110. The smallest absolute Gasteiger partial charge is 0.234 e. The van der Waals surface area contributed by atoms with E-state index in [1.807, 2.05) is 30.3 Å². The molecule has 0 radical (unpaired) electrons. The Balaban J connectivity index is 1.76. The maximum Gasteiger partial charge on any atom is 0.234 e. The van der Waals surface area contributed by atoms with Gasteiger partial charge in [0.1, 0.15) is 0 Å². The van der Waals surface area contributed by atoms with Gasteiger partial charge in [0.2, 0.25) is 5.91 Å². The zero-order chi connectivity index (χ0) is 13.0. The predicted octanol–water partition coefficient (Wildman–Crippen LogP) is 0.762. The highest BCUT2D eigenvalue weighted by Gasteiger charge is 2.24. The van der Waals surface area contributed by atoms with Gasteiger partial charge in [-0.25, -0.2) is 0 Å². The number of carbonyl (C=O) groups excluding carboxylic acids is 1. The van der Waals surface area contributed by atoms with E-state index >= 15 is 0 Å². The highest BCUT2D eigenvalue weighted by Crippen LogP contribution is 2.19. The Morgan fingerprint density at radius 2 is 2.06 bits per heavy atom. The third-order valence-electron chi connectivity index (χ3n) is 3.09. The fourth-order valence-corrected chi connectivity index (χ4v) is 1.83. The van der Waals surface area contributed by atoms with Gasteiger partial charge in [-0.1, -0.05) is 30.3 Å². The molecule has 18 heavy (non-hydrogen) atoms. The number of benzene rings is 1. The van der Waals surface area contributed by atoms with Crippen LogP contribution in [0.2, 0.25) is 0 Å². The first-order chi connectivity index (χ1) is 8.58. The second-order valence-electron chi connectivity index (χ2n) is 5.09. The summed E-state index contributed by atoms with van der Waals surface area (Å²) in [7, 11) is 0. The molecule has 1 fully saturated rings. The Kier molecular flexibility index (Phi) is 3.99. The molecule has 0 aromatic heterocycles. The molecule has 2 rings (SSSR count). The summed E-state index contributed by atoms with van der Waals surface area (Å²) < 4.78 is 0. The normalized spacial score (nSPS) is 18.1. The third kappa shape index (κ3) is 3.82. The molecule has 1 atom stereocenters. The second-order valence-corrected chi connectivity index (χ2v) is 5.09. The summed E-state index contributed by atoms with van der Waals surface area (Å²) >= 11 is 0. The molecule has 1 saturated carbocycles. The van der Waals surface area contributed by atoms with Crippen molar-refractivity contribution in [3.8, 4) is 0 Å². The number of aliphatic hydroxyl groups is 1. The summed E-state index contributed by atoms with van der Waals surface area (Å²) in [6, 6.07) is 9.84. The zero-order valence-corrected chi connectivity index (χ0v) is 10.6. The first kappa shape index (κ1) is 13.1. The van der Waals surface area contributed by atoms with Crippen LogP contribution in [0.25, 0.3) is 0 Å². The van der Waals surface area contributed by atoms with Crippen LogP contribution in [-0.2, 0) is 10.4 Å². The van der Waals surface area contributed by atoms with Gasteiger partial charge in [0, 0.05) is 12.6 Å². The van der Waals surface area contributed by atoms with Crippen LogP contribution >= 0.6 is 0 Å². The van der Waals surface area contributed by atoms with Crippen molar-refractivity contribution in [2.45, 2.75) is 31.4 Å². The molecule has 1 aromatic carbocycles. The van der Waals surface area contributed by atoms with E-state index in [9.17, 15) is 9.90 Å². The lowest BCUT2D eigenvalue weighted by Crippen LogP contribution is -2.41. The monoisotopic (exact) mass is 248 g/mol. The molecule has 1 aliphatic rings. The predicted molar refractivity (Wildman–Crippen MR) is 70.0 cm³/mol. The zero-order valence-electron chi connectivity index (χ0n) is 10.6. The van der Waals surface area contributed by atoms with E-state index in [0.717, 1.165) is 18.4 Å². The van der Waals surface area contributed by atoms with Gasteiger partial charge in [0.15, 0.2) is 0 Å². The van der Waals surface area contributed by atoms with Crippen molar-refractivity contribution in [3.63, 3.8) is 0 Å². The molecule has 4 heteroatoms. The van der Waals surface area contributed by atoms with Crippen LogP contribution in [0.1, 0.15) is 25.3 Å². The molecule has 0 heterocycles. The average molecular weight is 248 g/mol. The first-order valence-corrected chi connectivity index (χ1v) is 6.36. The van der Waals surface area contributed by atoms with Crippen LogP contribution in [0.15, 0.2) is 30.3 Å². The topological polar surface area (TPSA) is 61.4 Å². The van der Waals surface area contributed by atoms with Gasteiger partial charge in [0.05, 0.1) is 12.1 Å². The molecule has 4 nitrogen and oxygen atoms in total. The maximum absolute atomic E-state index is 11.5. The van der Waals surface area contributed by atoms with E-state index in [4.69, 9.17) is 0 Å². The number of nitrogens with one attached hydrogen (secondary N) is 2. The fourth-order valence-electron chi connectivity index (χ4n) is 1.83. The first-order valence-electron chi connectivity index (χ1n) is 6.36. The van der Waals surface area contributed by atoms with Gasteiger partial charge in [0.25, 0.3) is 0 Å². The van der Waals surface area contributed by atoms with Crippen molar-refractivity contribution in [2.24, 2.45) is 0 Å². The summed E-state index contributed by atoms with van der Waals surface area (Å²) in [5, 5.41) is 16.2. The lowest BCUT2D eigenvalue weighted by Gasteiger charge is -2.24. The van der Waals surface area contributed by atoms with Crippen LogP contribution in [0.3, 0.4) is 0 Å². The van der Waals surface area contributed by atoms with E-state index in [1.54, 1.807) is 6.92 Å². The van der Waals surface area contributed by atoms with Crippen LogP contribution < -0.4 is 10.6 Å². The number of carbonyl (C=O) groups is 1. The minimum absolute atomic E-state index is 0.00126. The standard InChI is InChI=1S/C14H20N2O2/c1-14(18,11-5-3-2-4-6-11)10-15-9-13(17)16-12-7-8-12/h2-6,12,15,18H,7-10H2,1H3,(H,16,17). The van der Waals surface area contributed by atoms with E-state index in [1.165, 1.54) is 0 Å². The van der Waals surface area contributed by atoms with Gasteiger partial charge < -0.3 is 15.7 Å². The van der Waals surface area contributed by atoms with Crippen molar-refractivity contribution in [1.29, 1.82) is 0 Å². The quantitative estimate of drug-likeness (QED) is 0.696. The van der Waals surface area contributed by atoms with Gasteiger partial charge in [-0.2, -0.15) is 0 Å². The summed E-state index contributed by atoms with van der Waals surface area (Å²) in [6.07, 6.45) is 2.18. The fraction of sp³-hybridized carbons (Fsp3) is 0.500. The molecule has 1 unspecified atom stereocenters. The lowest BCUT2D eigenvalue weighted by molar-refractivity contribution is -0.120. The molecule has 98 valence electrons. The molecule has 1 amide bonds. The SMILES string of the molecule is CC(O)(CNCC(=O)NC1CC1)c1ccccc1. The van der Waals surface area contributed by atoms with Crippen molar-refractivity contribution in [1.82, 2.24) is 10.6 Å². The second kappa shape index (κ2) is 5.50. The minimum atomic E-state index is -0.957. The molecule has 0 saturated heterocycles. The van der Waals surface area contributed by atoms with Crippen LogP contribution in [0.4, 0.5) is 0 Å². The molecular formula is C14H20N2O2. The van der Waals surface area contributed by atoms with E-state index < -0.39 is 5.60 Å². The molecule has 0 spiro atoms. The van der Waals surface area contributed by atoms with E-state index in [0.29, 0.717) is 12.6 Å². The number of rotatable bonds is 6. The molecule has 3 N–H and O–H groups in total. The lowest BCUT2D eigenvalue weighted by atomic mass is 9.96. The van der Waals surface area contributed by atoms with Gasteiger partial charge in [-0.15, -0.1) is 0 Å². The van der Waals surface area contributed by atoms with Crippen molar-refractivity contribution < 1.29 is 9.90 Å². The minimum Gasteiger partial charge on any atom is -0.384 e. The van der Waals surface area contributed by atoms with Crippen LogP contribution in [-0.4, -0.2) is 30.1 Å². The average Bonchev–Trinajstić information content (AvgIpc) is 3.14. The molecule has 1 aliphatic carbocycles. The molecular weight excluding hydrogens is 228 g/mol. The molecule has 1 aromatic rings. The Bertz CT molecular complexity index is 400. The van der Waals surface area contributed by atoms with Crippen molar-refractivity contribution >= 4 is 5.91 Å². The Hall–Kier alpha value is -1.39. The molecule has 0 aliphatic heterocycles. The van der Waals surface area contributed by atoms with Crippen molar-refractivity contribution in [3.05, 3.63) is 35.9 Å². The highest BCUT2D eigenvalue weighted by atomic mass is 16.3. The Morgan fingerprint density at radius 1 is 1.39 bits per heavy atom. The van der Waals surface area contributed by atoms with Crippen LogP contribution in [0.5, 0.6) is 0 Å². The Labute approximate surface area is 107 Å². The summed E-state index contributed by atoms with van der Waals surface area (Å²) in [5.74, 6) is 0.00126. The summed E-state index contributed by atoms with van der Waals surface area (Å²) in [6.45, 7) is 2.35. The van der Waals surface area contributed by atoms with Gasteiger partial charge in [-0.3, -0.25) is 4.79 Å². The van der Waals surface area contributed by atoms with Gasteiger partial charge >= 0.3 is 0 Å². The number of hydrogen-bond acceptors (Lipinski definition) is 3. The van der Waals surface area contributed by atoms with E-state index in [-0.39, 0.29) is 12.5 Å². The van der Waals surface area contributed by atoms with E-state index in [2.05, 4.69) is 10.6 Å². The van der Waals surface area contributed by atoms with Crippen LogP contribution in [0, 0.1) is 0 Å². The van der Waals surface area contributed by atoms with Crippen molar-refractivity contribution in [2.75, 3.05) is 13.1 Å². The third-order valence-corrected chi connectivity index (χ3v) is 3.09. The largest absolute Gasteiger partial charge is 0.384 e. The Morgan fingerprint density at radius 3 is 2.67 bits per heavy atom. The van der Waals surface area contributed by atoms with Gasteiger partial charge in [-0.05, 0) is 25.3 Å². The highest BCUT2D eigenvalue weighted by molar-refractivity contribution is 5.78.